The summed E-state index contributed by atoms with van der Waals surface area (Å²) < 4.78 is 10.5. The van der Waals surface area contributed by atoms with Crippen LogP contribution in [0.15, 0.2) is 18.3 Å². The van der Waals surface area contributed by atoms with Crippen LogP contribution in [0.25, 0.3) is 0 Å². The normalized spacial score (nSPS) is 22.4. The molecule has 1 aliphatic rings. The van der Waals surface area contributed by atoms with Gasteiger partial charge in [-0.2, -0.15) is 0 Å². The zero-order chi connectivity index (χ0) is 14.8. The van der Waals surface area contributed by atoms with Crippen LogP contribution in [-0.4, -0.2) is 54.1 Å². The number of pyridine rings is 1. The monoisotopic (exact) mass is 279 g/mol. The van der Waals surface area contributed by atoms with Crippen molar-refractivity contribution in [2.24, 2.45) is 5.73 Å². The van der Waals surface area contributed by atoms with E-state index < -0.39 is 11.5 Å². The molecule has 0 bridgehead atoms. The van der Waals surface area contributed by atoms with Crippen molar-refractivity contribution in [1.29, 1.82) is 0 Å². The maximum atomic E-state index is 12.5. The molecule has 20 heavy (non-hydrogen) atoms. The first-order valence-electron chi connectivity index (χ1n) is 6.20. The van der Waals surface area contributed by atoms with Crippen molar-refractivity contribution < 1.29 is 19.1 Å². The van der Waals surface area contributed by atoms with Crippen LogP contribution in [0.3, 0.4) is 0 Å². The standard InChI is InChI=1S/C13H17N3O4/c1-13(12(14)18)8-16(6-7-20-13)11(17)9-4-3-5-15-10(9)19-2/h3-5H,6-8H2,1-2H3,(H2,14,18). The number of ether oxygens (including phenoxy) is 2. The SMILES string of the molecule is COc1ncccc1C(=O)N1CCOC(C)(C(N)=O)C1. The predicted molar refractivity (Wildman–Crippen MR) is 70.2 cm³/mol. The second-order valence-corrected chi connectivity index (χ2v) is 4.73. The summed E-state index contributed by atoms with van der Waals surface area (Å²) in [7, 11) is 1.45. The summed E-state index contributed by atoms with van der Waals surface area (Å²) in [6.45, 7) is 2.34. The Morgan fingerprint density at radius 3 is 2.95 bits per heavy atom. The highest BCUT2D eigenvalue weighted by Gasteiger charge is 2.39. The van der Waals surface area contributed by atoms with Crippen molar-refractivity contribution in [2.75, 3.05) is 26.8 Å². The molecule has 1 unspecified atom stereocenters. The van der Waals surface area contributed by atoms with Crippen LogP contribution >= 0.6 is 0 Å². The van der Waals surface area contributed by atoms with E-state index in [2.05, 4.69) is 4.98 Å². The quantitative estimate of drug-likeness (QED) is 0.827. The number of rotatable bonds is 3. The van der Waals surface area contributed by atoms with Crippen molar-refractivity contribution in [3.8, 4) is 5.88 Å². The van der Waals surface area contributed by atoms with E-state index in [1.807, 2.05) is 0 Å². The van der Waals surface area contributed by atoms with Gasteiger partial charge in [-0.05, 0) is 19.1 Å². The number of aromatic nitrogens is 1. The van der Waals surface area contributed by atoms with Gasteiger partial charge >= 0.3 is 0 Å². The molecule has 7 nitrogen and oxygen atoms in total. The molecule has 2 heterocycles. The van der Waals surface area contributed by atoms with E-state index in [9.17, 15) is 9.59 Å². The number of hydrogen-bond donors (Lipinski definition) is 1. The molecule has 0 aromatic carbocycles. The van der Waals surface area contributed by atoms with Crippen LogP contribution in [0.4, 0.5) is 0 Å². The third-order valence-corrected chi connectivity index (χ3v) is 3.28. The lowest BCUT2D eigenvalue weighted by atomic mass is 10.0. The molecule has 7 heteroatoms. The average molecular weight is 279 g/mol. The highest BCUT2D eigenvalue weighted by Crippen LogP contribution is 2.22. The molecule has 1 aromatic heterocycles. The minimum absolute atomic E-state index is 0.110. The highest BCUT2D eigenvalue weighted by molar-refractivity contribution is 5.97. The van der Waals surface area contributed by atoms with Gasteiger partial charge in [-0.1, -0.05) is 0 Å². The number of morpholine rings is 1. The Hall–Kier alpha value is -2.15. The Kier molecular flexibility index (Phi) is 3.89. The van der Waals surface area contributed by atoms with Crippen molar-refractivity contribution in [3.05, 3.63) is 23.9 Å². The van der Waals surface area contributed by atoms with Crippen LogP contribution in [0, 0.1) is 0 Å². The molecule has 2 rings (SSSR count). The number of carbonyl (C=O) groups excluding carboxylic acids is 2. The number of nitrogens with two attached hydrogens (primary N) is 1. The summed E-state index contributed by atoms with van der Waals surface area (Å²) in [6.07, 6.45) is 1.54. The third kappa shape index (κ3) is 2.57. The topological polar surface area (TPSA) is 94.8 Å². The molecule has 108 valence electrons. The first-order valence-corrected chi connectivity index (χ1v) is 6.20. The van der Waals surface area contributed by atoms with Crippen LogP contribution in [0.2, 0.25) is 0 Å². The number of amides is 2. The molecule has 0 saturated carbocycles. The second-order valence-electron chi connectivity index (χ2n) is 4.73. The fourth-order valence-electron chi connectivity index (χ4n) is 2.08. The number of hydrogen-bond acceptors (Lipinski definition) is 5. The van der Waals surface area contributed by atoms with Crippen molar-refractivity contribution in [2.45, 2.75) is 12.5 Å². The largest absolute Gasteiger partial charge is 0.480 e. The Labute approximate surface area is 116 Å². The van der Waals surface area contributed by atoms with E-state index in [0.29, 0.717) is 12.1 Å². The Bertz CT molecular complexity index is 534. The molecule has 0 aliphatic carbocycles. The van der Waals surface area contributed by atoms with Gasteiger partial charge in [-0.15, -0.1) is 0 Å². The molecule has 1 aliphatic heterocycles. The van der Waals surface area contributed by atoms with Crippen molar-refractivity contribution in [3.63, 3.8) is 0 Å². The molecule has 0 spiro atoms. The van der Waals surface area contributed by atoms with E-state index >= 15 is 0 Å². The number of nitrogens with zero attached hydrogens (tertiary/aromatic N) is 2. The van der Waals surface area contributed by atoms with Crippen LogP contribution < -0.4 is 10.5 Å². The lowest BCUT2D eigenvalue weighted by Crippen LogP contribution is -2.58. The summed E-state index contributed by atoms with van der Waals surface area (Å²) in [6, 6.07) is 3.29. The smallest absolute Gasteiger partial charge is 0.259 e. The van der Waals surface area contributed by atoms with Gasteiger partial charge in [0.15, 0.2) is 5.60 Å². The fraction of sp³-hybridized carbons (Fsp3) is 0.462. The third-order valence-electron chi connectivity index (χ3n) is 3.28. The van der Waals surface area contributed by atoms with E-state index in [1.54, 1.807) is 25.3 Å². The molecule has 1 atom stereocenters. The van der Waals surface area contributed by atoms with Crippen LogP contribution in [0.1, 0.15) is 17.3 Å². The number of carbonyl (C=O) groups is 2. The second kappa shape index (κ2) is 5.46. The highest BCUT2D eigenvalue weighted by atomic mass is 16.5. The summed E-state index contributed by atoms with van der Waals surface area (Å²) >= 11 is 0. The van der Waals surface area contributed by atoms with E-state index in [1.165, 1.54) is 12.0 Å². The predicted octanol–water partition coefficient (Wildman–Crippen LogP) is -0.193. The van der Waals surface area contributed by atoms with Crippen LogP contribution in [-0.2, 0) is 9.53 Å². The lowest BCUT2D eigenvalue weighted by Gasteiger charge is -2.38. The first kappa shape index (κ1) is 14.3. The van der Waals surface area contributed by atoms with Gasteiger partial charge in [0, 0.05) is 12.7 Å². The first-order chi connectivity index (χ1) is 9.48. The molecule has 0 radical (unpaired) electrons. The summed E-state index contributed by atoms with van der Waals surface area (Å²) in [4.78, 5) is 29.4. The van der Waals surface area contributed by atoms with Gasteiger partial charge in [0.25, 0.3) is 11.8 Å². The molecular formula is C13H17N3O4. The molecule has 2 N–H and O–H groups in total. The maximum Gasteiger partial charge on any atom is 0.259 e. The summed E-state index contributed by atoms with van der Waals surface area (Å²) in [5.41, 5.74) is 4.51. The Balaban J connectivity index is 2.23. The van der Waals surface area contributed by atoms with Gasteiger partial charge < -0.3 is 20.1 Å². The Morgan fingerprint density at radius 1 is 1.55 bits per heavy atom. The van der Waals surface area contributed by atoms with Gasteiger partial charge in [0.05, 0.1) is 20.3 Å². The lowest BCUT2D eigenvalue weighted by molar-refractivity contribution is -0.150. The molecule has 1 saturated heterocycles. The Morgan fingerprint density at radius 2 is 2.30 bits per heavy atom. The minimum Gasteiger partial charge on any atom is -0.480 e. The molecule has 2 amide bonds. The van der Waals surface area contributed by atoms with Gasteiger partial charge in [-0.25, -0.2) is 4.98 Å². The average Bonchev–Trinajstić information content (AvgIpc) is 2.46. The van der Waals surface area contributed by atoms with Gasteiger partial charge in [0.1, 0.15) is 5.56 Å². The van der Waals surface area contributed by atoms with Gasteiger partial charge in [0.2, 0.25) is 5.88 Å². The number of methoxy groups -OCH3 is 1. The minimum atomic E-state index is -1.16. The fourth-order valence-corrected chi connectivity index (χ4v) is 2.08. The van der Waals surface area contributed by atoms with E-state index in [0.717, 1.165) is 0 Å². The maximum absolute atomic E-state index is 12.5. The van der Waals surface area contributed by atoms with Crippen LogP contribution in [0.5, 0.6) is 5.88 Å². The molecule has 1 fully saturated rings. The van der Waals surface area contributed by atoms with Gasteiger partial charge in [-0.3, -0.25) is 9.59 Å². The van der Waals surface area contributed by atoms with Crippen molar-refractivity contribution >= 4 is 11.8 Å². The molecular weight excluding hydrogens is 262 g/mol. The van der Waals surface area contributed by atoms with Crippen molar-refractivity contribution in [1.82, 2.24) is 9.88 Å². The number of primary amides is 1. The van der Waals surface area contributed by atoms with E-state index in [4.69, 9.17) is 15.2 Å². The summed E-state index contributed by atoms with van der Waals surface area (Å²) in [5.74, 6) is -0.594. The van der Waals surface area contributed by atoms with E-state index in [-0.39, 0.29) is 24.9 Å². The zero-order valence-electron chi connectivity index (χ0n) is 11.5. The molecule has 1 aromatic rings. The summed E-state index contributed by atoms with van der Waals surface area (Å²) in [5, 5.41) is 0. The zero-order valence-corrected chi connectivity index (χ0v) is 11.5.